The van der Waals surface area contributed by atoms with Gasteiger partial charge in [-0.2, -0.15) is 0 Å². The molecule has 1 atom stereocenters. The maximum Gasteiger partial charge on any atom is 0.173 e. The van der Waals surface area contributed by atoms with Gasteiger partial charge in [0.15, 0.2) is 6.10 Å². The molecule has 1 heterocycles. The molecule has 0 aliphatic rings. The van der Waals surface area contributed by atoms with Gasteiger partial charge in [-0.25, -0.2) is 22.5 Å². The minimum Gasteiger partial charge on any atom is -0.385 e. The zero-order valence-electron chi connectivity index (χ0n) is 14.2. The van der Waals surface area contributed by atoms with Crippen LogP contribution in [0, 0.1) is 23.3 Å². The smallest absolute Gasteiger partial charge is 0.173 e. The predicted molar refractivity (Wildman–Crippen MR) is 91.0 cm³/mol. The summed E-state index contributed by atoms with van der Waals surface area (Å²) in [6, 6.07) is 6.49. The Morgan fingerprint density at radius 3 is 2.48 bits per heavy atom. The molecule has 1 unspecified atom stereocenters. The van der Waals surface area contributed by atoms with E-state index in [2.05, 4.69) is 10.1 Å². The number of nitrogens with zero attached hydrogens (tertiary/aromatic N) is 3. The number of hydrogen-bond donors (Lipinski definition) is 0. The quantitative estimate of drug-likeness (QED) is 0.357. The lowest BCUT2D eigenvalue weighted by atomic mass is 10.1. The van der Waals surface area contributed by atoms with Gasteiger partial charge in [0.1, 0.15) is 23.3 Å². The number of hydrogen-bond acceptors (Lipinski definition) is 3. The van der Waals surface area contributed by atoms with E-state index in [0.717, 1.165) is 24.3 Å². The number of benzene rings is 2. The summed E-state index contributed by atoms with van der Waals surface area (Å²) in [4.78, 5) is 9.28. The maximum absolute atomic E-state index is 14.2. The van der Waals surface area contributed by atoms with Gasteiger partial charge in [0.25, 0.3) is 0 Å². The first kappa shape index (κ1) is 18.6. The van der Waals surface area contributed by atoms with Crippen molar-refractivity contribution in [2.24, 2.45) is 5.16 Å². The van der Waals surface area contributed by atoms with Crippen LogP contribution in [0.25, 0.3) is 0 Å². The second-order valence-corrected chi connectivity index (χ2v) is 5.79. The predicted octanol–water partition coefficient (Wildman–Crippen LogP) is 4.62. The Morgan fingerprint density at radius 1 is 1.11 bits per heavy atom. The molecule has 0 amide bonds. The van der Waals surface area contributed by atoms with Crippen LogP contribution in [-0.4, -0.2) is 15.3 Å². The molecule has 4 nitrogen and oxygen atoms in total. The number of rotatable bonds is 6. The molecule has 0 saturated heterocycles. The summed E-state index contributed by atoms with van der Waals surface area (Å²) in [6.45, 7) is 1.48. The Bertz CT molecular complexity index is 937. The van der Waals surface area contributed by atoms with Crippen molar-refractivity contribution in [3.8, 4) is 0 Å². The van der Waals surface area contributed by atoms with Gasteiger partial charge in [0.2, 0.25) is 0 Å². The topological polar surface area (TPSA) is 39.4 Å². The van der Waals surface area contributed by atoms with Gasteiger partial charge >= 0.3 is 0 Å². The second-order valence-electron chi connectivity index (χ2n) is 5.79. The first-order chi connectivity index (χ1) is 13.0. The SMILES string of the molecule is C/C(=N/OC(Cn1ccnc1)c1ccc(F)cc1F)c1c(F)cccc1F. The zero-order chi connectivity index (χ0) is 19.4. The van der Waals surface area contributed by atoms with Gasteiger partial charge in [0, 0.05) is 24.0 Å². The largest absolute Gasteiger partial charge is 0.385 e. The lowest BCUT2D eigenvalue weighted by Crippen LogP contribution is -2.13. The average Bonchev–Trinajstić information content (AvgIpc) is 3.12. The van der Waals surface area contributed by atoms with Crippen LogP contribution in [0.1, 0.15) is 24.2 Å². The third kappa shape index (κ3) is 4.33. The van der Waals surface area contributed by atoms with Crippen LogP contribution < -0.4 is 0 Å². The van der Waals surface area contributed by atoms with Crippen molar-refractivity contribution < 1.29 is 22.4 Å². The summed E-state index contributed by atoms with van der Waals surface area (Å²) in [5.74, 6) is -3.13. The van der Waals surface area contributed by atoms with Crippen LogP contribution in [0.3, 0.4) is 0 Å². The average molecular weight is 377 g/mol. The molecular formula is C19H15F4N3O. The van der Waals surface area contributed by atoms with Gasteiger partial charge in [-0.1, -0.05) is 11.2 Å². The Morgan fingerprint density at radius 2 is 1.85 bits per heavy atom. The molecular weight excluding hydrogens is 362 g/mol. The van der Waals surface area contributed by atoms with Gasteiger partial charge in [-0.05, 0) is 31.2 Å². The monoisotopic (exact) mass is 377 g/mol. The highest BCUT2D eigenvalue weighted by molar-refractivity contribution is 5.98. The molecule has 140 valence electrons. The fourth-order valence-corrected chi connectivity index (χ4v) is 2.57. The molecule has 2 aromatic carbocycles. The van der Waals surface area contributed by atoms with Crippen molar-refractivity contribution in [1.82, 2.24) is 9.55 Å². The first-order valence-corrected chi connectivity index (χ1v) is 8.01. The molecule has 8 heteroatoms. The van der Waals surface area contributed by atoms with E-state index >= 15 is 0 Å². The summed E-state index contributed by atoms with van der Waals surface area (Å²) < 4.78 is 56.8. The molecule has 0 aliphatic heterocycles. The lowest BCUT2D eigenvalue weighted by Gasteiger charge is -2.17. The molecule has 3 aromatic rings. The van der Waals surface area contributed by atoms with E-state index in [1.165, 1.54) is 31.6 Å². The van der Waals surface area contributed by atoms with E-state index in [0.29, 0.717) is 0 Å². The minimum atomic E-state index is -0.968. The second kappa shape index (κ2) is 8.03. The third-order valence-corrected chi connectivity index (χ3v) is 3.89. The van der Waals surface area contributed by atoms with Crippen LogP contribution in [-0.2, 0) is 11.4 Å². The van der Waals surface area contributed by atoms with Crippen molar-refractivity contribution in [2.45, 2.75) is 19.6 Å². The van der Waals surface area contributed by atoms with E-state index < -0.39 is 29.4 Å². The third-order valence-electron chi connectivity index (χ3n) is 3.89. The Labute approximate surface area is 152 Å². The Balaban J connectivity index is 1.91. The highest BCUT2D eigenvalue weighted by Gasteiger charge is 2.20. The summed E-state index contributed by atoms with van der Waals surface area (Å²) in [5, 5.41) is 3.78. The summed E-state index contributed by atoms with van der Waals surface area (Å²) >= 11 is 0. The highest BCUT2D eigenvalue weighted by Crippen LogP contribution is 2.24. The molecule has 0 saturated carbocycles. The molecule has 3 rings (SSSR count). The zero-order valence-corrected chi connectivity index (χ0v) is 14.2. The van der Waals surface area contributed by atoms with E-state index in [4.69, 9.17) is 4.84 Å². The van der Waals surface area contributed by atoms with Crippen molar-refractivity contribution in [2.75, 3.05) is 0 Å². The highest BCUT2D eigenvalue weighted by atomic mass is 19.1. The molecule has 0 N–H and O–H groups in total. The standard InChI is InChI=1S/C19H15F4N3O/c1-12(19-15(21)3-2-4-16(19)22)25-27-18(10-26-8-7-24-11-26)14-6-5-13(20)9-17(14)23/h2-9,11,18H,10H2,1H3/b25-12-. The number of aromatic nitrogens is 2. The fourth-order valence-electron chi connectivity index (χ4n) is 2.57. The summed E-state index contributed by atoms with van der Waals surface area (Å²) in [7, 11) is 0. The molecule has 1 aromatic heterocycles. The molecule has 0 radical (unpaired) electrons. The Kier molecular flexibility index (Phi) is 5.54. The first-order valence-electron chi connectivity index (χ1n) is 8.01. The maximum atomic E-state index is 14.2. The fraction of sp³-hybridized carbons (Fsp3) is 0.158. The van der Waals surface area contributed by atoms with Crippen molar-refractivity contribution in [3.05, 3.63) is 89.5 Å². The van der Waals surface area contributed by atoms with Crippen LogP contribution in [0.5, 0.6) is 0 Å². The van der Waals surface area contributed by atoms with E-state index in [1.807, 2.05) is 0 Å². The van der Waals surface area contributed by atoms with E-state index in [9.17, 15) is 17.6 Å². The molecule has 27 heavy (non-hydrogen) atoms. The van der Waals surface area contributed by atoms with Gasteiger partial charge in [-0.3, -0.25) is 0 Å². The van der Waals surface area contributed by atoms with Crippen LogP contribution in [0.15, 0.2) is 60.3 Å². The van der Waals surface area contributed by atoms with E-state index in [-0.39, 0.29) is 23.4 Å². The number of imidazole rings is 1. The molecule has 0 spiro atoms. The summed E-state index contributed by atoms with van der Waals surface area (Å²) in [6.07, 6.45) is 3.68. The number of oxime groups is 1. The molecule has 0 aliphatic carbocycles. The molecule has 0 bridgehead atoms. The van der Waals surface area contributed by atoms with Gasteiger partial charge < -0.3 is 9.40 Å². The van der Waals surface area contributed by atoms with Crippen molar-refractivity contribution in [3.63, 3.8) is 0 Å². The normalized spacial score (nSPS) is 12.9. The molecule has 0 fully saturated rings. The van der Waals surface area contributed by atoms with Crippen molar-refractivity contribution >= 4 is 5.71 Å². The van der Waals surface area contributed by atoms with E-state index in [1.54, 1.807) is 10.8 Å². The van der Waals surface area contributed by atoms with Crippen LogP contribution in [0.2, 0.25) is 0 Å². The summed E-state index contributed by atoms with van der Waals surface area (Å²) in [5.41, 5.74) is -0.335. The lowest BCUT2D eigenvalue weighted by molar-refractivity contribution is 0.0430. The minimum absolute atomic E-state index is 0.0515. The number of halogens is 4. The van der Waals surface area contributed by atoms with Crippen molar-refractivity contribution in [1.29, 1.82) is 0 Å². The van der Waals surface area contributed by atoms with Crippen LogP contribution >= 0.6 is 0 Å². The van der Waals surface area contributed by atoms with Crippen LogP contribution in [0.4, 0.5) is 17.6 Å². The Hall–Kier alpha value is -3.16. The van der Waals surface area contributed by atoms with Gasteiger partial charge in [-0.15, -0.1) is 0 Å². The van der Waals surface area contributed by atoms with Gasteiger partial charge in [0.05, 0.1) is 24.1 Å².